The normalized spacial score (nSPS) is 14.1. The van der Waals surface area contributed by atoms with Crippen LogP contribution in [0.4, 0.5) is 5.69 Å². The van der Waals surface area contributed by atoms with E-state index in [4.69, 9.17) is 9.84 Å². The molecule has 26 heavy (non-hydrogen) atoms. The average molecular weight is 421 g/mol. The predicted molar refractivity (Wildman–Crippen MR) is 97.6 cm³/mol. The molecular formula is C17H17BrN4O4. The molecule has 3 rings (SSSR count). The molecule has 1 aromatic heterocycles. The third kappa shape index (κ3) is 3.63. The lowest BCUT2D eigenvalue weighted by Gasteiger charge is -2.15. The first-order valence-electron chi connectivity index (χ1n) is 7.82. The Morgan fingerprint density at radius 1 is 1.38 bits per heavy atom. The fraction of sp³-hybridized carbons (Fsp3) is 0.235. The summed E-state index contributed by atoms with van der Waals surface area (Å²) in [6.45, 7) is 0.0764. The fourth-order valence-corrected chi connectivity index (χ4v) is 2.92. The Hall–Kier alpha value is -2.65. The van der Waals surface area contributed by atoms with Crippen LogP contribution >= 0.6 is 15.9 Å². The monoisotopic (exact) mass is 420 g/mol. The maximum Gasteiger partial charge on any atom is 0.337 e. The van der Waals surface area contributed by atoms with Crippen LogP contribution in [0.15, 0.2) is 52.4 Å². The molecule has 0 bridgehead atoms. The first-order valence-corrected chi connectivity index (χ1v) is 8.62. The maximum atomic E-state index is 12.5. The molecule has 8 nitrogen and oxygen atoms in total. The van der Waals surface area contributed by atoms with E-state index in [1.165, 1.54) is 12.0 Å². The summed E-state index contributed by atoms with van der Waals surface area (Å²) in [5.41, 5.74) is 1.91. The number of aliphatic hydroxyl groups excluding tert-OH is 1. The van der Waals surface area contributed by atoms with Gasteiger partial charge in [-0.3, -0.25) is 4.79 Å². The first kappa shape index (κ1) is 18.2. The molecule has 0 radical (unpaired) electrons. The molecule has 2 N–H and O–H groups in total. The molecule has 9 heteroatoms. The highest BCUT2D eigenvalue weighted by Gasteiger charge is 2.34. The Morgan fingerprint density at radius 3 is 2.69 bits per heavy atom. The van der Waals surface area contributed by atoms with Crippen molar-refractivity contribution in [3.05, 3.63) is 52.4 Å². The zero-order valence-electron chi connectivity index (χ0n) is 14.0. The lowest BCUT2D eigenvalue weighted by Crippen LogP contribution is -2.31. The van der Waals surface area contributed by atoms with Gasteiger partial charge in [-0.1, -0.05) is 0 Å². The summed E-state index contributed by atoms with van der Waals surface area (Å²) in [6, 6.07) is 7.25. The summed E-state index contributed by atoms with van der Waals surface area (Å²) in [6.07, 6.45) is 3.51. The summed E-state index contributed by atoms with van der Waals surface area (Å²) in [4.78, 5) is 25.9. The van der Waals surface area contributed by atoms with Crippen molar-refractivity contribution in [3.63, 3.8) is 0 Å². The van der Waals surface area contributed by atoms with Crippen molar-refractivity contribution in [2.45, 2.75) is 0 Å². The molecule has 0 aliphatic carbocycles. The molecule has 1 aliphatic heterocycles. The number of carbonyl (C=O) groups is 2. The number of nitrogens with one attached hydrogen (secondary N) is 1. The molecule has 1 aromatic carbocycles. The van der Waals surface area contributed by atoms with E-state index in [-0.39, 0.29) is 36.9 Å². The van der Waals surface area contributed by atoms with E-state index in [0.29, 0.717) is 5.69 Å². The Morgan fingerprint density at radius 2 is 2.12 bits per heavy atom. The number of amides is 1. The molecule has 0 saturated heterocycles. The summed E-state index contributed by atoms with van der Waals surface area (Å²) in [5, 5.41) is 16.3. The van der Waals surface area contributed by atoms with E-state index in [0.717, 1.165) is 10.2 Å². The molecule has 0 saturated carbocycles. The zero-order chi connectivity index (χ0) is 18.7. The van der Waals surface area contributed by atoms with Gasteiger partial charge >= 0.3 is 5.97 Å². The number of nitrogens with zero attached hydrogens (tertiary/aromatic N) is 3. The van der Waals surface area contributed by atoms with Crippen LogP contribution in [0.2, 0.25) is 0 Å². The van der Waals surface area contributed by atoms with Crippen molar-refractivity contribution < 1.29 is 19.4 Å². The first-order chi connectivity index (χ1) is 12.5. The third-order valence-electron chi connectivity index (χ3n) is 3.91. The minimum absolute atomic E-state index is 0.105. The third-order valence-corrected chi connectivity index (χ3v) is 4.32. The Bertz CT molecular complexity index is 860. The van der Waals surface area contributed by atoms with Gasteiger partial charge in [-0.05, 0) is 40.2 Å². The van der Waals surface area contributed by atoms with E-state index >= 15 is 0 Å². The molecule has 2 aromatic rings. The van der Waals surface area contributed by atoms with Gasteiger partial charge in [-0.15, -0.1) is 0 Å². The Balaban J connectivity index is 1.83. The minimum atomic E-state index is -0.570. The number of esters is 1. The SMILES string of the molecule is COC(=O)C1=C(Nc2ccc(-n3cc(Br)cn3)cc2)C(=O)N(CCO)C1. The second kappa shape index (κ2) is 7.71. The Labute approximate surface area is 158 Å². The standard InChI is InChI=1S/C17H17BrN4O4/c1-26-17(25)14-10-21(6-7-23)16(24)15(14)20-12-2-4-13(5-3-12)22-9-11(18)8-19-22/h2-5,8-9,20,23H,6-7,10H2,1H3. The summed E-state index contributed by atoms with van der Waals surface area (Å²) in [5.74, 6) is -0.918. The van der Waals surface area contributed by atoms with Crippen LogP contribution in [-0.2, 0) is 14.3 Å². The van der Waals surface area contributed by atoms with Gasteiger partial charge in [0.25, 0.3) is 5.91 Å². The molecule has 0 spiro atoms. The topological polar surface area (TPSA) is 96.7 Å². The molecule has 136 valence electrons. The van der Waals surface area contributed by atoms with Crippen molar-refractivity contribution in [1.82, 2.24) is 14.7 Å². The van der Waals surface area contributed by atoms with E-state index in [9.17, 15) is 9.59 Å². The number of aromatic nitrogens is 2. The van der Waals surface area contributed by atoms with Crippen LogP contribution in [0.5, 0.6) is 0 Å². The van der Waals surface area contributed by atoms with Crippen LogP contribution in [0.3, 0.4) is 0 Å². The zero-order valence-corrected chi connectivity index (χ0v) is 15.6. The molecule has 1 aliphatic rings. The van der Waals surface area contributed by atoms with Gasteiger partial charge in [0, 0.05) is 18.4 Å². The van der Waals surface area contributed by atoms with E-state index in [1.54, 1.807) is 23.0 Å². The molecule has 0 fully saturated rings. The summed E-state index contributed by atoms with van der Waals surface area (Å²) >= 11 is 3.35. The van der Waals surface area contributed by atoms with Crippen molar-refractivity contribution in [2.24, 2.45) is 0 Å². The number of benzene rings is 1. The smallest absolute Gasteiger partial charge is 0.337 e. The van der Waals surface area contributed by atoms with Gasteiger partial charge in [0.15, 0.2) is 0 Å². The molecule has 0 atom stereocenters. The van der Waals surface area contributed by atoms with Gasteiger partial charge < -0.3 is 20.1 Å². The molecule has 0 unspecified atom stereocenters. The highest BCUT2D eigenvalue weighted by atomic mass is 79.9. The number of hydrogen-bond donors (Lipinski definition) is 2. The van der Waals surface area contributed by atoms with Crippen molar-refractivity contribution in [3.8, 4) is 5.69 Å². The largest absolute Gasteiger partial charge is 0.466 e. The van der Waals surface area contributed by atoms with Crippen LogP contribution < -0.4 is 5.32 Å². The highest BCUT2D eigenvalue weighted by Crippen LogP contribution is 2.23. The number of β-amino-alcohol motifs (C(OH)–C–C–N with tert-alkyl or cyclic N) is 1. The lowest BCUT2D eigenvalue weighted by atomic mass is 10.2. The lowest BCUT2D eigenvalue weighted by molar-refractivity contribution is -0.136. The summed E-state index contributed by atoms with van der Waals surface area (Å²) < 4.78 is 7.34. The Kier molecular flexibility index (Phi) is 5.38. The van der Waals surface area contributed by atoms with E-state index in [2.05, 4.69) is 26.3 Å². The van der Waals surface area contributed by atoms with E-state index < -0.39 is 5.97 Å². The second-order valence-electron chi connectivity index (χ2n) is 5.57. The quantitative estimate of drug-likeness (QED) is 0.683. The number of ether oxygens (including phenoxy) is 1. The molecule has 1 amide bonds. The highest BCUT2D eigenvalue weighted by molar-refractivity contribution is 9.10. The number of halogens is 1. The van der Waals surface area contributed by atoms with Crippen LogP contribution in [-0.4, -0.2) is 58.5 Å². The van der Waals surface area contributed by atoms with Gasteiger partial charge in [0.2, 0.25) is 0 Å². The van der Waals surface area contributed by atoms with Gasteiger partial charge in [-0.25, -0.2) is 9.48 Å². The number of methoxy groups -OCH3 is 1. The fourth-order valence-electron chi connectivity index (χ4n) is 2.63. The van der Waals surface area contributed by atoms with Crippen molar-refractivity contribution in [2.75, 3.05) is 32.1 Å². The number of anilines is 1. The number of rotatable bonds is 6. The van der Waals surface area contributed by atoms with E-state index in [1.807, 2.05) is 18.3 Å². The predicted octanol–water partition coefficient (Wildman–Crippen LogP) is 1.31. The number of carbonyl (C=O) groups excluding carboxylic acids is 2. The minimum Gasteiger partial charge on any atom is -0.466 e. The van der Waals surface area contributed by atoms with Gasteiger partial charge in [0.05, 0.1) is 42.2 Å². The summed E-state index contributed by atoms with van der Waals surface area (Å²) in [7, 11) is 1.27. The van der Waals surface area contributed by atoms with Gasteiger partial charge in [-0.2, -0.15) is 5.10 Å². The number of hydrogen-bond acceptors (Lipinski definition) is 6. The molecular weight excluding hydrogens is 404 g/mol. The maximum absolute atomic E-state index is 12.5. The van der Waals surface area contributed by atoms with Crippen LogP contribution in [0, 0.1) is 0 Å². The van der Waals surface area contributed by atoms with Crippen LogP contribution in [0.1, 0.15) is 0 Å². The number of aliphatic hydroxyl groups is 1. The van der Waals surface area contributed by atoms with Crippen molar-refractivity contribution >= 4 is 33.5 Å². The molecule has 2 heterocycles. The van der Waals surface area contributed by atoms with Gasteiger partial charge in [0.1, 0.15) is 5.70 Å². The van der Waals surface area contributed by atoms with Crippen LogP contribution in [0.25, 0.3) is 5.69 Å². The van der Waals surface area contributed by atoms with Crippen molar-refractivity contribution in [1.29, 1.82) is 0 Å². The second-order valence-corrected chi connectivity index (χ2v) is 6.49. The average Bonchev–Trinajstić information content (AvgIpc) is 3.21.